The molecule has 0 aromatic heterocycles. The number of hydrogen-bond donors (Lipinski definition) is 0. The van der Waals surface area contributed by atoms with Crippen molar-refractivity contribution < 1.29 is 9.59 Å². The van der Waals surface area contributed by atoms with Crippen LogP contribution in [0.15, 0.2) is 0 Å². The molecular formula is C15H27N3O2. The van der Waals surface area contributed by atoms with Crippen molar-refractivity contribution in [3.63, 3.8) is 0 Å². The van der Waals surface area contributed by atoms with Gasteiger partial charge in [-0.15, -0.1) is 0 Å². The maximum atomic E-state index is 12.1. The fourth-order valence-corrected chi connectivity index (χ4v) is 3.19. The molecular weight excluding hydrogens is 254 g/mol. The van der Waals surface area contributed by atoms with Crippen LogP contribution in [0.3, 0.4) is 0 Å². The van der Waals surface area contributed by atoms with Crippen LogP contribution in [0.25, 0.3) is 0 Å². The lowest BCUT2D eigenvalue weighted by atomic mass is 10.0. The van der Waals surface area contributed by atoms with Gasteiger partial charge in [-0.2, -0.15) is 0 Å². The van der Waals surface area contributed by atoms with Crippen LogP contribution in [-0.2, 0) is 9.59 Å². The zero-order valence-electron chi connectivity index (χ0n) is 12.8. The predicted molar refractivity (Wildman–Crippen MR) is 78.3 cm³/mol. The highest BCUT2D eigenvalue weighted by Crippen LogP contribution is 2.17. The van der Waals surface area contributed by atoms with Gasteiger partial charge in [0.1, 0.15) is 0 Å². The highest BCUT2D eigenvalue weighted by molar-refractivity contribution is 5.78. The first-order valence-corrected chi connectivity index (χ1v) is 7.87. The minimum Gasteiger partial charge on any atom is -0.343 e. The van der Waals surface area contributed by atoms with Gasteiger partial charge in [0.25, 0.3) is 0 Å². The van der Waals surface area contributed by atoms with E-state index >= 15 is 0 Å². The summed E-state index contributed by atoms with van der Waals surface area (Å²) in [5.41, 5.74) is 0. The Kier molecular flexibility index (Phi) is 5.40. The third-order valence-corrected chi connectivity index (χ3v) is 4.59. The number of likely N-dealkylation sites (tertiary alicyclic amines) is 2. The van der Waals surface area contributed by atoms with E-state index in [2.05, 4.69) is 4.90 Å². The first-order valence-electron chi connectivity index (χ1n) is 7.87. The Balaban J connectivity index is 1.75. The van der Waals surface area contributed by atoms with E-state index in [1.807, 2.05) is 23.8 Å². The second-order valence-electron chi connectivity index (χ2n) is 5.97. The van der Waals surface area contributed by atoms with Gasteiger partial charge < -0.3 is 9.80 Å². The van der Waals surface area contributed by atoms with Gasteiger partial charge >= 0.3 is 0 Å². The Labute approximate surface area is 121 Å². The summed E-state index contributed by atoms with van der Waals surface area (Å²) in [6.07, 6.45) is 4.85. The molecule has 2 rings (SSSR count). The largest absolute Gasteiger partial charge is 0.343 e. The Morgan fingerprint density at radius 1 is 1.00 bits per heavy atom. The first kappa shape index (κ1) is 15.3. The molecule has 0 unspecified atom stereocenters. The topological polar surface area (TPSA) is 43.9 Å². The predicted octanol–water partition coefficient (Wildman–Crippen LogP) is 0.942. The molecule has 0 aliphatic carbocycles. The maximum Gasteiger partial charge on any atom is 0.236 e. The van der Waals surface area contributed by atoms with Crippen molar-refractivity contribution in [2.75, 3.05) is 39.8 Å². The van der Waals surface area contributed by atoms with Crippen LogP contribution in [0, 0.1) is 0 Å². The summed E-state index contributed by atoms with van der Waals surface area (Å²) in [7, 11) is 2.04. The van der Waals surface area contributed by atoms with Gasteiger partial charge in [0.15, 0.2) is 0 Å². The Morgan fingerprint density at radius 3 is 2.10 bits per heavy atom. The van der Waals surface area contributed by atoms with E-state index in [0.717, 1.165) is 51.9 Å². The number of hydrogen-bond acceptors (Lipinski definition) is 3. The average Bonchev–Trinajstić information content (AvgIpc) is 3.01. The Hall–Kier alpha value is -1.10. The van der Waals surface area contributed by atoms with Crippen LogP contribution >= 0.6 is 0 Å². The van der Waals surface area contributed by atoms with Crippen LogP contribution < -0.4 is 0 Å². The fraction of sp³-hybridized carbons (Fsp3) is 0.867. The third kappa shape index (κ3) is 3.72. The quantitative estimate of drug-likeness (QED) is 0.770. The monoisotopic (exact) mass is 281 g/mol. The number of nitrogens with zero attached hydrogens (tertiary/aromatic N) is 3. The number of rotatable bonds is 4. The fourth-order valence-electron chi connectivity index (χ4n) is 3.19. The zero-order chi connectivity index (χ0) is 14.5. The van der Waals surface area contributed by atoms with E-state index in [1.165, 1.54) is 0 Å². The van der Waals surface area contributed by atoms with Crippen LogP contribution in [0.4, 0.5) is 0 Å². The molecule has 5 heteroatoms. The van der Waals surface area contributed by atoms with E-state index in [0.29, 0.717) is 19.0 Å². The minimum atomic E-state index is 0.249. The van der Waals surface area contributed by atoms with E-state index in [1.54, 1.807) is 0 Å². The number of carbonyl (C=O) groups excluding carboxylic acids is 2. The lowest BCUT2D eigenvalue weighted by Crippen LogP contribution is -2.48. The number of piperidine rings is 1. The summed E-state index contributed by atoms with van der Waals surface area (Å²) in [5.74, 6) is 0.510. The minimum absolute atomic E-state index is 0.249. The number of likely N-dealkylation sites (N-methyl/N-ethyl adjacent to an activating group) is 1. The molecule has 0 aromatic rings. The van der Waals surface area contributed by atoms with Gasteiger partial charge in [-0.1, -0.05) is 6.92 Å². The van der Waals surface area contributed by atoms with Crippen molar-refractivity contribution in [2.45, 2.75) is 45.1 Å². The highest BCUT2D eigenvalue weighted by atomic mass is 16.2. The highest BCUT2D eigenvalue weighted by Gasteiger charge is 2.27. The summed E-state index contributed by atoms with van der Waals surface area (Å²) in [4.78, 5) is 29.9. The van der Waals surface area contributed by atoms with Crippen molar-refractivity contribution in [3.8, 4) is 0 Å². The lowest BCUT2D eigenvalue weighted by Gasteiger charge is -2.36. The van der Waals surface area contributed by atoms with Crippen molar-refractivity contribution in [1.29, 1.82) is 0 Å². The van der Waals surface area contributed by atoms with Crippen molar-refractivity contribution in [1.82, 2.24) is 14.7 Å². The van der Waals surface area contributed by atoms with Gasteiger partial charge in [0.2, 0.25) is 11.8 Å². The number of amides is 2. The molecule has 114 valence electrons. The normalized spacial score (nSPS) is 20.8. The van der Waals surface area contributed by atoms with E-state index in [9.17, 15) is 9.59 Å². The van der Waals surface area contributed by atoms with Gasteiger partial charge in [-0.25, -0.2) is 0 Å². The van der Waals surface area contributed by atoms with Crippen molar-refractivity contribution >= 4 is 11.8 Å². The smallest absolute Gasteiger partial charge is 0.236 e. The Bertz CT molecular complexity index is 345. The second-order valence-corrected chi connectivity index (χ2v) is 5.97. The molecule has 5 nitrogen and oxygen atoms in total. The molecule has 0 saturated carbocycles. The number of carbonyl (C=O) groups is 2. The van der Waals surface area contributed by atoms with Gasteiger partial charge in [-0.3, -0.25) is 14.5 Å². The summed E-state index contributed by atoms with van der Waals surface area (Å²) >= 11 is 0. The van der Waals surface area contributed by atoms with Crippen LogP contribution in [0.1, 0.15) is 39.0 Å². The summed E-state index contributed by atoms with van der Waals surface area (Å²) < 4.78 is 0. The molecule has 2 heterocycles. The molecule has 2 aliphatic heterocycles. The van der Waals surface area contributed by atoms with E-state index in [-0.39, 0.29) is 11.8 Å². The molecule has 20 heavy (non-hydrogen) atoms. The van der Waals surface area contributed by atoms with Crippen molar-refractivity contribution in [2.24, 2.45) is 0 Å². The van der Waals surface area contributed by atoms with E-state index in [4.69, 9.17) is 0 Å². The molecule has 0 bridgehead atoms. The van der Waals surface area contributed by atoms with Crippen LogP contribution in [0.5, 0.6) is 0 Å². The first-order chi connectivity index (χ1) is 9.61. The van der Waals surface area contributed by atoms with Crippen LogP contribution in [-0.4, -0.2) is 72.3 Å². The Morgan fingerprint density at radius 2 is 1.55 bits per heavy atom. The SMILES string of the molecule is CCC(=O)N1CCC(N(C)CC(=O)N2CCCC2)CC1. The molecule has 0 spiro atoms. The molecule has 2 amide bonds. The third-order valence-electron chi connectivity index (χ3n) is 4.59. The van der Waals surface area contributed by atoms with Crippen molar-refractivity contribution in [3.05, 3.63) is 0 Å². The molecule has 2 fully saturated rings. The molecule has 0 radical (unpaired) electrons. The molecule has 0 aromatic carbocycles. The van der Waals surface area contributed by atoms with Gasteiger partial charge in [0.05, 0.1) is 6.54 Å². The van der Waals surface area contributed by atoms with Crippen LogP contribution in [0.2, 0.25) is 0 Å². The summed E-state index contributed by atoms with van der Waals surface area (Å²) in [6.45, 7) is 5.95. The lowest BCUT2D eigenvalue weighted by molar-refractivity contribution is -0.134. The van der Waals surface area contributed by atoms with E-state index < -0.39 is 0 Å². The standard InChI is InChI=1S/C15H27N3O2/c1-3-14(19)18-10-6-13(7-11-18)16(2)12-15(20)17-8-4-5-9-17/h13H,3-12H2,1-2H3. The zero-order valence-corrected chi connectivity index (χ0v) is 12.8. The van der Waals surface area contributed by atoms with Gasteiger partial charge in [-0.05, 0) is 32.7 Å². The molecule has 0 atom stereocenters. The maximum absolute atomic E-state index is 12.1. The average molecular weight is 281 g/mol. The molecule has 0 N–H and O–H groups in total. The second kappa shape index (κ2) is 7.07. The molecule has 2 saturated heterocycles. The summed E-state index contributed by atoms with van der Waals surface area (Å²) in [5, 5.41) is 0. The summed E-state index contributed by atoms with van der Waals surface area (Å²) in [6, 6.07) is 0.433. The van der Waals surface area contributed by atoms with Gasteiger partial charge in [0, 0.05) is 38.6 Å². The molecule has 2 aliphatic rings.